The van der Waals surface area contributed by atoms with Gasteiger partial charge in [0.2, 0.25) is 0 Å². The Hall–Kier alpha value is -3.20. The van der Waals surface area contributed by atoms with E-state index in [1.807, 2.05) is 0 Å². The summed E-state index contributed by atoms with van der Waals surface area (Å²) in [6, 6.07) is 9.79. The number of non-ortho nitro benzene ring substituents is 1. The fourth-order valence-corrected chi connectivity index (χ4v) is 2.87. The molecule has 2 aromatic rings. The van der Waals surface area contributed by atoms with Gasteiger partial charge in [0.1, 0.15) is 5.56 Å². The molecule has 0 amide bonds. The van der Waals surface area contributed by atoms with Gasteiger partial charge in [-0.3, -0.25) is 20.2 Å². The highest BCUT2D eigenvalue weighted by atomic mass is 32.2. The van der Waals surface area contributed by atoms with Crippen LogP contribution in [0.5, 0.6) is 0 Å². The van der Waals surface area contributed by atoms with Gasteiger partial charge in [-0.15, -0.1) is 11.8 Å². The lowest BCUT2D eigenvalue weighted by molar-refractivity contribution is -0.385. The van der Waals surface area contributed by atoms with Crippen LogP contribution in [0.2, 0.25) is 0 Å². The van der Waals surface area contributed by atoms with E-state index >= 15 is 0 Å². The van der Waals surface area contributed by atoms with Gasteiger partial charge in [0.15, 0.2) is 0 Å². The molecule has 0 aliphatic carbocycles. The highest BCUT2D eigenvalue weighted by Crippen LogP contribution is 2.30. The van der Waals surface area contributed by atoms with Crippen LogP contribution >= 0.6 is 11.8 Å². The number of carboxylic acid groups (broad SMARTS) is 1. The molecule has 0 saturated heterocycles. The standard InChI is InChI=1S/C16H12N2O6S/c1-10(11-2-4-12(5-3-11)17(21)22)9-25-13-6-7-14(16(19)20)15(8-13)18(23)24/h2-8H,1,9H2,(H,19,20). The molecule has 8 nitrogen and oxygen atoms in total. The zero-order valence-electron chi connectivity index (χ0n) is 12.7. The molecule has 2 aromatic carbocycles. The summed E-state index contributed by atoms with van der Waals surface area (Å²) in [5.41, 5.74) is 0.533. The Balaban J connectivity index is 2.11. The average Bonchev–Trinajstić information content (AvgIpc) is 2.59. The van der Waals surface area contributed by atoms with Crippen molar-refractivity contribution in [2.75, 3.05) is 5.75 Å². The zero-order chi connectivity index (χ0) is 18.6. The number of benzene rings is 2. The van der Waals surface area contributed by atoms with Gasteiger partial charge < -0.3 is 5.11 Å². The summed E-state index contributed by atoms with van der Waals surface area (Å²) in [6.45, 7) is 3.90. The third-order valence-electron chi connectivity index (χ3n) is 3.30. The number of carboxylic acids is 1. The highest BCUT2D eigenvalue weighted by Gasteiger charge is 2.20. The molecule has 0 unspecified atom stereocenters. The summed E-state index contributed by atoms with van der Waals surface area (Å²) in [7, 11) is 0. The van der Waals surface area contributed by atoms with E-state index in [1.54, 1.807) is 12.1 Å². The molecule has 0 saturated carbocycles. The quantitative estimate of drug-likeness (QED) is 0.449. The van der Waals surface area contributed by atoms with E-state index in [-0.39, 0.29) is 11.3 Å². The number of hydrogen-bond donors (Lipinski definition) is 1. The summed E-state index contributed by atoms with van der Waals surface area (Å²) in [6.07, 6.45) is 0. The number of aromatic carboxylic acids is 1. The number of hydrogen-bond acceptors (Lipinski definition) is 6. The predicted molar refractivity (Wildman–Crippen MR) is 92.9 cm³/mol. The van der Waals surface area contributed by atoms with Crippen molar-refractivity contribution >= 4 is 34.7 Å². The van der Waals surface area contributed by atoms with Crippen LogP contribution in [0.15, 0.2) is 53.9 Å². The van der Waals surface area contributed by atoms with Crippen molar-refractivity contribution in [2.45, 2.75) is 4.90 Å². The Morgan fingerprint density at radius 3 is 2.24 bits per heavy atom. The lowest BCUT2D eigenvalue weighted by Gasteiger charge is -2.07. The van der Waals surface area contributed by atoms with Crippen LogP contribution in [0.25, 0.3) is 5.57 Å². The topological polar surface area (TPSA) is 124 Å². The van der Waals surface area contributed by atoms with Crippen molar-refractivity contribution in [3.05, 3.63) is 80.4 Å². The van der Waals surface area contributed by atoms with E-state index in [1.165, 1.54) is 42.1 Å². The van der Waals surface area contributed by atoms with Crippen molar-refractivity contribution in [2.24, 2.45) is 0 Å². The number of rotatable bonds is 7. The molecule has 1 N–H and O–H groups in total. The van der Waals surface area contributed by atoms with Crippen molar-refractivity contribution in [1.29, 1.82) is 0 Å². The molecule has 2 rings (SSSR count). The lowest BCUT2D eigenvalue weighted by Crippen LogP contribution is -2.02. The average molecular weight is 360 g/mol. The third-order valence-corrected chi connectivity index (χ3v) is 4.38. The predicted octanol–water partition coefficient (Wildman–Crippen LogP) is 4.01. The van der Waals surface area contributed by atoms with Crippen molar-refractivity contribution in [3.63, 3.8) is 0 Å². The second-order valence-corrected chi connectivity index (χ2v) is 5.99. The first-order valence-corrected chi connectivity index (χ1v) is 7.85. The number of carbonyl (C=O) groups is 1. The molecule has 128 valence electrons. The molecule has 0 radical (unpaired) electrons. The Bertz CT molecular complexity index is 863. The Kier molecular flexibility index (Phi) is 5.50. The lowest BCUT2D eigenvalue weighted by atomic mass is 10.1. The van der Waals surface area contributed by atoms with Crippen LogP contribution in [0.1, 0.15) is 15.9 Å². The second-order valence-electron chi connectivity index (χ2n) is 4.94. The highest BCUT2D eigenvalue weighted by molar-refractivity contribution is 7.99. The van der Waals surface area contributed by atoms with Crippen molar-refractivity contribution in [3.8, 4) is 0 Å². The van der Waals surface area contributed by atoms with Gasteiger partial charge in [0.05, 0.1) is 9.85 Å². The number of thioether (sulfide) groups is 1. The Labute approximate surface area is 146 Å². The molecule has 0 spiro atoms. The van der Waals surface area contributed by atoms with Gasteiger partial charge in [0, 0.05) is 28.8 Å². The minimum absolute atomic E-state index is 0.0240. The van der Waals surface area contributed by atoms with E-state index in [0.717, 1.165) is 5.56 Å². The van der Waals surface area contributed by atoms with Gasteiger partial charge in [0.25, 0.3) is 11.4 Å². The smallest absolute Gasteiger partial charge is 0.342 e. The largest absolute Gasteiger partial charge is 0.477 e. The molecule has 0 heterocycles. The van der Waals surface area contributed by atoms with Gasteiger partial charge in [-0.1, -0.05) is 6.58 Å². The Morgan fingerprint density at radius 1 is 1.08 bits per heavy atom. The van der Waals surface area contributed by atoms with Crippen LogP contribution in [-0.4, -0.2) is 26.7 Å². The third kappa shape index (κ3) is 4.42. The molecule has 0 aliphatic heterocycles. The summed E-state index contributed by atoms with van der Waals surface area (Å²) in [5.74, 6) is -0.972. The summed E-state index contributed by atoms with van der Waals surface area (Å²) < 4.78 is 0. The van der Waals surface area contributed by atoms with Crippen molar-refractivity contribution in [1.82, 2.24) is 0 Å². The first-order valence-electron chi connectivity index (χ1n) is 6.86. The van der Waals surface area contributed by atoms with Crippen LogP contribution in [0.4, 0.5) is 11.4 Å². The fourth-order valence-electron chi connectivity index (χ4n) is 2.01. The first-order chi connectivity index (χ1) is 11.8. The van der Waals surface area contributed by atoms with Crippen molar-refractivity contribution < 1.29 is 19.7 Å². The van der Waals surface area contributed by atoms with Gasteiger partial charge in [-0.2, -0.15) is 0 Å². The molecule has 0 bridgehead atoms. The molecular weight excluding hydrogens is 348 g/mol. The molecule has 0 atom stereocenters. The minimum atomic E-state index is -1.36. The molecule has 9 heteroatoms. The number of nitrogens with zero attached hydrogens (tertiary/aromatic N) is 2. The zero-order valence-corrected chi connectivity index (χ0v) is 13.6. The maximum atomic E-state index is 11.0. The molecule has 0 aliphatic rings. The minimum Gasteiger partial charge on any atom is -0.477 e. The van der Waals surface area contributed by atoms with Gasteiger partial charge >= 0.3 is 5.97 Å². The fraction of sp³-hybridized carbons (Fsp3) is 0.0625. The van der Waals surface area contributed by atoms with E-state index < -0.39 is 21.5 Å². The summed E-state index contributed by atoms with van der Waals surface area (Å²) in [4.78, 5) is 31.9. The Morgan fingerprint density at radius 2 is 1.72 bits per heavy atom. The maximum absolute atomic E-state index is 11.0. The monoisotopic (exact) mass is 360 g/mol. The van der Waals surface area contributed by atoms with E-state index in [2.05, 4.69) is 6.58 Å². The maximum Gasteiger partial charge on any atom is 0.342 e. The molecule has 0 fully saturated rings. The van der Waals surface area contributed by atoms with Crippen LogP contribution in [-0.2, 0) is 0 Å². The second kappa shape index (κ2) is 7.58. The molecular formula is C16H12N2O6S. The van der Waals surface area contributed by atoms with E-state index in [4.69, 9.17) is 5.11 Å². The van der Waals surface area contributed by atoms with Crippen LogP contribution < -0.4 is 0 Å². The number of nitro benzene ring substituents is 2. The van der Waals surface area contributed by atoms with E-state index in [9.17, 15) is 25.0 Å². The van der Waals surface area contributed by atoms with E-state index in [0.29, 0.717) is 16.2 Å². The summed E-state index contributed by atoms with van der Waals surface area (Å²) in [5, 5.41) is 30.6. The van der Waals surface area contributed by atoms with Gasteiger partial charge in [-0.25, -0.2) is 4.79 Å². The summed E-state index contributed by atoms with van der Waals surface area (Å²) >= 11 is 1.26. The van der Waals surface area contributed by atoms with Crippen LogP contribution in [0.3, 0.4) is 0 Å². The van der Waals surface area contributed by atoms with Crippen LogP contribution in [0, 0.1) is 20.2 Å². The molecule has 0 aromatic heterocycles. The number of nitro groups is 2. The normalized spacial score (nSPS) is 10.2. The molecule has 25 heavy (non-hydrogen) atoms. The SMILES string of the molecule is C=C(CSc1ccc(C(=O)O)c([N+](=O)[O-])c1)c1ccc([N+](=O)[O-])cc1. The van der Waals surface area contributed by atoms with Gasteiger partial charge in [-0.05, 0) is 35.4 Å². The first kappa shape index (κ1) is 18.1.